The summed E-state index contributed by atoms with van der Waals surface area (Å²) >= 11 is 1.77. The van der Waals surface area contributed by atoms with Crippen molar-refractivity contribution in [2.75, 3.05) is 12.3 Å². The van der Waals surface area contributed by atoms with Gasteiger partial charge in [-0.25, -0.2) is 4.79 Å². The lowest BCUT2D eigenvalue weighted by molar-refractivity contribution is -0.152. The molecular formula is C19H23N3O3S. The van der Waals surface area contributed by atoms with Crippen LogP contribution in [0.1, 0.15) is 19.4 Å². The highest BCUT2D eigenvalue weighted by Crippen LogP contribution is 2.36. The minimum Gasteiger partial charge on any atom is -0.457 e. The maximum atomic E-state index is 12.2. The molecule has 0 amide bonds. The zero-order chi connectivity index (χ0) is 18.6. The van der Waals surface area contributed by atoms with Crippen LogP contribution >= 0.6 is 11.8 Å². The summed E-state index contributed by atoms with van der Waals surface area (Å²) < 4.78 is 5.53. The average Bonchev–Trinajstić information content (AvgIpc) is 2.63. The predicted molar refractivity (Wildman–Crippen MR) is 102 cm³/mol. The van der Waals surface area contributed by atoms with E-state index in [4.69, 9.17) is 10.6 Å². The fraction of sp³-hybridized carbons (Fsp3) is 0.368. The van der Waals surface area contributed by atoms with E-state index in [0.717, 1.165) is 29.4 Å². The van der Waals surface area contributed by atoms with E-state index in [1.807, 2.05) is 36.4 Å². The normalized spacial score (nSPS) is 19.7. The maximum Gasteiger partial charge on any atom is 0.343 e. The van der Waals surface area contributed by atoms with Gasteiger partial charge in [0.1, 0.15) is 17.5 Å². The van der Waals surface area contributed by atoms with Crippen molar-refractivity contribution in [3.05, 3.63) is 54.4 Å². The van der Waals surface area contributed by atoms with Crippen molar-refractivity contribution in [2.45, 2.75) is 31.2 Å². The average molecular weight is 373 g/mol. The van der Waals surface area contributed by atoms with E-state index in [2.05, 4.69) is 28.6 Å². The molecule has 1 aliphatic rings. The van der Waals surface area contributed by atoms with E-state index in [0.29, 0.717) is 6.54 Å². The summed E-state index contributed by atoms with van der Waals surface area (Å²) in [7, 11) is 0. The molecule has 0 aliphatic carbocycles. The first-order chi connectivity index (χ1) is 12.5. The fourth-order valence-corrected chi connectivity index (χ4v) is 4.44. The summed E-state index contributed by atoms with van der Waals surface area (Å²) in [6.45, 7) is 5.57. The number of ether oxygens (including phenoxy) is 1. The third kappa shape index (κ3) is 4.35. The maximum absolute atomic E-state index is 12.2. The van der Waals surface area contributed by atoms with E-state index in [9.17, 15) is 4.79 Å². The van der Waals surface area contributed by atoms with Crippen LogP contribution in [0.3, 0.4) is 0 Å². The Morgan fingerprint density at radius 2 is 1.88 bits per heavy atom. The quantitative estimate of drug-likeness (QED) is 0.807. The molecule has 1 fully saturated rings. The molecule has 26 heavy (non-hydrogen) atoms. The number of carbonyl (C=O) groups is 1. The summed E-state index contributed by atoms with van der Waals surface area (Å²) in [6.07, 6.45) is 3.38. The minimum atomic E-state index is -0.389. The second-order valence-corrected chi connectivity index (χ2v) is 8.44. The van der Waals surface area contributed by atoms with Gasteiger partial charge in [-0.3, -0.25) is 9.88 Å². The number of aromatic nitrogens is 1. The van der Waals surface area contributed by atoms with Crippen LogP contribution in [-0.4, -0.2) is 38.9 Å². The lowest BCUT2D eigenvalue weighted by atomic mass is 10.00. The first-order valence-electron chi connectivity index (χ1n) is 8.45. The van der Waals surface area contributed by atoms with E-state index in [1.54, 1.807) is 24.2 Å². The molecular weight excluding hydrogens is 350 g/mol. The molecule has 1 atom stereocenters. The Labute approximate surface area is 157 Å². The number of nitrogens with two attached hydrogens (primary N) is 1. The van der Waals surface area contributed by atoms with Gasteiger partial charge in [0.15, 0.2) is 0 Å². The van der Waals surface area contributed by atoms with Gasteiger partial charge >= 0.3 is 5.97 Å². The Morgan fingerprint density at radius 1 is 1.23 bits per heavy atom. The second-order valence-electron chi connectivity index (χ2n) is 6.69. The molecule has 7 heteroatoms. The van der Waals surface area contributed by atoms with Gasteiger partial charge in [0, 0.05) is 36.0 Å². The van der Waals surface area contributed by atoms with Gasteiger partial charge in [-0.1, -0.05) is 12.1 Å². The number of rotatable bonds is 5. The van der Waals surface area contributed by atoms with Gasteiger partial charge in [-0.15, -0.1) is 0 Å². The molecule has 0 radical (unpaired) electrons. The van der Waals surface area contributed by atoms with Crippen LogP contribution in [0.5, 0.6) is 11.5 Å². The van der Waals surface area contributed by atoms with E-state index in [-0.39, 0.29) is 16.8 Å². The van der Waals surface area contributed by atoms with Crippen LogP contribution in [0.25, 0.3) is 0 Å². The Kier molecular flexibility index (Phi) is 5.80. The standard InChI is InChI=1S/C19H23N3O3S/c1-19(2)17(18(23)25-20)22(11-12-26-19)13-14-3-5-15(6-4-14)24-16-7-9-21-10-8-16/h3-10,17H,11-13,20H2,1-2H3/t17-/m0/s1. The molecule has 1 saturated heterocycles. The van der Waals surface area contributed by atoms with Crippen molar-refractivity contribution < 1.29 is 14.4 Å². The molecule has 1 aliphatic heterocycles. The molecule has 2 heterocycles. The zero-order valence-electron chi connectivity index (χ0n) is 14.9. The zero-order valence-corrected chi connectivity index (χ0v) is 15.7. The van der Waals surface area contributed by atoms with Crippen LogP contribution in [0.15, 0.2) is 48.8 Å². The first-order valence-corrected chi connectivity index (χ1v) is 9.43. The second kappa shape index (κ2) is 8.07. The summed E-state index contributed by atoms with van der Waals surface area (Å²) in [4.78, 5) is 22.9. The fourth-order valence-electron chi connectivity index (χ4n) is 3.18. The van der Waals surface area contributed by atoms with Gasteiger partial charge in [0.05, 0.1) is 0 Å². The number of hydrogen-bond acceptors (Lipinski definition) is 7. The predicted octanol–water partition coefficient (Wildman–Crippen LogP) is 2.99. The molecule has 6 nitrogen and oxygen atoms in total. The van der Waals surface area contributed by atoms with Crippen molar-refractivity contribution in [3.63, 3.8) is 0 Å². The van der Waals surface area contributed by atoms with Crippen molar-refractivity contribution >= 4 is 17.7 Å². The molecule has 3 rings (SSSR count). The molecule has 138 valence electrons. The molecule has 0 saturated carbocycles. The monoisotopic (exact) mass is 373 g/mol. The number of nitrogens with zero attached hydrogens (tertiary/aromatic N) is 2. The minimum absolute atomic E-state index is 0.251. The lowest BCUT2D eigenvalue weighted by Gasteiger charge is -2.43. The van der Waals surface area contributed by atoms with Crippen LogP contribution in [-0.2, 0) is 16.2 Å². The molecule has 0 spiro atoms. The van der Waals surface area contributed by atoms with Gasteiger partial charge in [0.2, 0.25) is 0 Å². The Hall–Kier alpha value is -2.09. The Balaban J connectivity index is 1.70. The number of carbonyl (C=O) groups excluding carboxylic acids is 1. The lowest BCUT2D eigenvalue weighted by Crippen LogP contribution is -2.57. The summed E-state index contributed by atoms with van der Waals surface area (Å²) in [5.74, 6) is 7.24. The highest BCUT2D eigenvalue weighted by Gasteiger charge is 2.44. The van der Waals surface area contributed by atoms with Crippen LogP contribution in [0, 0.1) is 0 Å². The third-order valence-corrected chi connectivity index (χ3v) is 5.76. The summed E-state index contributed by atoms with van der Waals surface area (Å²) in [6, 6.07) is 11.1. The van der Waals surface area contributed by atoms with E-state index in [1.165, 1.54) is 0 Å². The van der Waals surface area contributed by atoms with Gasteiger partial charge in [-0.05, 0) is 43.7 Å². The van der Waals surface area contributed by atoms with E-state index < -0.39 is 0 Å². The Bertz CT molecular complexity index is 737. The van der Waals surface area contributed by atoms with E-state index >= 15 is 0 Å². The summed E-state index contributed by atoms with van der Waals surface area (Å²) in [5, 5.41) is 0. The molecule has 1 aromatic heterocycles. The number of benzene rings is 1. The van der Waals surface area contributed by atoms with Crippen molar-refractivity contribution in [3.8, 4) is 11.5 Å². The van der Waals surface area contributed by atoms with Gasteiger partial charge in [0.25, 0.3) is 0 Å². The topological polar surface area (TPSA) is 77.7 Å². The number of thioether (sulfide) groups is 1. The molecule has 2 aromatic rings. The molecule has 2 N–H and O–H groups in total. The van der Waals surface area contributed by atoms with Gasteiger partial charge in [-0.2, -0.15) is 17.7 Å². The van der Waals surface area contributed by atoms with Crippen molar-refractivity contribution in [2.24, 2.45) is 5.90 Å². The van der Waals surface area contributed by atoms with Crippen LogP contribution in [0.2, 0.25) is 0 Å². The first kappa shape index (κ1) is 18.7. The summed E-state index contributed by atoms with van der Waals surface area (Å²) in [5.41, 5.74) is 1.10. The highest BCUT2D eigenvalue weighted by molar-refractivity contribution is 8.00. The largest absolute Gasteiger partial charge is 0.457 e. The van der Waals surface area contributed by atoms with Crippen LogP contribution in [0.4, 0.5) is 0 Å². The van der Waals surface area contributed by atoms with Gasteiger partial charge < -0.3 is 9.57 Å². The molecule has 0 unspecified atom stereocenters. The highest BCUT2D eigenvalue weighted by atomic mass is 32.2. The van der Waals surface area contributed by atoms with Crippen molar-refractivity contribution in [1.82, 2.24) is 9.88 Å². The number of pyridine rings is 1. The van der Waals surface area contributed by atoms with Crippen molar-refractivity contribution in [1.29, 1.82) is 0 Å². The van der Waals surface area contributed by atoms with Crippen LogP contribution < -0.4 is 10.6 Å². The molecule has 0 bridgehead atoms. The third-order valence-electron chi connectivity index (χ3n) is 4.41. The Morgan fingerprint density at radius 3 is 2.54 bits per heavy atom. The smallest absolute Gasteiger partial charge is 0.343 e. The number of hydrogen-bond donors (Lipinski definition) is 1. The molecule has 1 aromatic carbocycles. The SMILES string of the molecule is CC1(C)SCCN(Cc2ccc(Oc3ccncc3)cc2)[C@H]1C(=O)ON.